The van der Waals surface area contributed by atoms with Crippen molar-refractivity contribution >= 4 is 17.2 Å². The summed E-state index contributed by atoms with van der Waals surface area (Å²) in [7, 11) is 0. The molecule has 1 N–H and O–H groups in total. The first-order valence-electron chi connectivity index (χ1n) is 7.16. The largest absolute Gasteiger partial charge is 0.339 e. The summed E-state index contributed by atoms with van der Waals surface area (Å²) in [5, 5.41) is 9.42. The second kappa shape index (κ2) is 5.23. The van der Waals surface area contributed by atoms with E-state index in [0.717, 1.165) is 13.0 Å². The molecule has 0 bridgehead atoms. The van der Waals surface area contributed by atoms with E-state index in [-0.39, 0.29) is 11.9 Å². The van der Waals surface area contributed by atoms with Crippen molar-refractivity contribution in [2.45, 2.75) is 37.9 Å². The zero-order valence-electron chi connectivity index (χ0n) is 11.5. The van der Waals surface area contributed by atoms with Crippen molar-refractivity contribution in [1.29, 1.82) is 0 Å². The molecule has 2 atom stereocenters. The molecule has 0 unspecified atom stereocenters. The lowest BCUT2D eigenvalue weighted by atomic mass is 10.1. The van der Waals surface area contributed by atoms with Gasteiger partial charge in [0.25, 0.3) is 0 Å². The molecule has 2 saturated heterocycles. The Kier molecular flexibility index (Phi) is 3.23. The number of hydrogen-bond donors (Lipinski definition) is 1. The van der Waals surface area contributed by atoms with E-state index in [1.165, 1.54) is 4.88 Å². The molecule has 0 spiro atoms. The molecular formula is C14H16N4O2S. The Balaban J connectivity index is 1.45. The summed E-state index contributed by atoms with van der Waals surface area (Å²) in [4.78, 5) is 19.6. The third-order valence-electron chi connectivity index (χ3n) is 4.15. The highest BCUT2D eigenvalue weighted by atomic mass is 32.1. The van der Waals surface area contributed by atoms with Gasteiger partial charge >= 0.3 is 0 Å². The molecule has 2 aromatic heterocycles. The average molecular weight is 304 g/mol. The molecule has 110 valence electrons. The van der Waals surface area contributed by atoms with Crippen molar-refractivity contribution in [3.05, 3.63) is 34.1 Å². The van der Waals surface area contributed by atoms with Crippen LogP contribution >= 0.6 is 11.3 Å². The first-order valence-corrected chi connectivity index (χ1v) is 8.04. The van der Waals surface area contributed by atoms with Crippen LogP contribution in [0.4, 0.5) is 0 Å². The van der Waals surface area contributed by atoms with Crippen molar-refractivity contribution in [2.75, 3.05) is 6.54 Å². The number of nitrogens with one attached hydrogen (secondary N) is 1. The topological polar surface area (TPSA) is 71.3 Å². The van der Waals surface area contributed by atoms with E-state index >= 15 is 0 Å². The molecule has 2 aliphatic rings. The van der Waals surface area contributed by atoms with Gasteiger partial charge in [-0.2, -0.15) is 4.98 Å². The molecule has 2 fully saturated rings. The van der Waals surface area contributed by atoms with Gasteiger partial charge < -0.3 is 14.7 Å². The minimum absolute atomic E-state index is 0.182. The zero-order chi connectivity index (χ0) is 14.2. The molecule has 0 aliphatic carbocycles. The molecule has 0 radical (unpaired) electrons. The Hall–Kier alpha value is -1.73. The Bertz CT molecular complexity index is 639. The second-order valence-electron chi connectivity index (χ2n) is 5.50. The van der Waals surface area contributed by atoms with Crippen LogP contribution in [0, 0.1) is 0 Å². The lowest BCUT2D eigenvalue weighted by Gasteiger charge is -2.21. The normalized spacial score (nSPS) is 24.8. The van der Waals surface area contributed by atoms with Crippen molar-refractivity contribution in [1.82, 2.24) is 20.4 Å². The fraction of sp³-hybridized carbons (Fsp3) is 0.500. The summed E-state index contributed by atoms with van der Waals surface area (Å²) in [6.07, 6.45) is 2.26. The van der Waals surface area contributed by atoms with E-state index in [1.54, 1.807) is 11.3 Å². The van der Waals surface area contributed by atoms with E-state index in [9.17, 15) is 4.79 Å². The van der Waals surface area contributed by atoms with Crippen molar-refractivity contribution < 1.29 is 9.32 Å². The molecule has 7 heteroatoms. The number of nitrogens with zero attached hydrogens (tertiary/aromatic N) is 3. The van der Waals surface area contributed by atoms with Gasteiger partial charge in [-0.3, -0.25) is 4.79 Å². The van der Waals surface area contributed by atoms with Crippen molar-refractivity contribution in [3.63, 3.8) is 0 Å². The number of likely N-dealkylation sites (tertiary alicyclic amines) is 1. The maximum Gasteiger partial charge on any atom is 0.231 e. The fourth-order valence-electron chi connectivity index (χ4n) is 3.17. The summed E-state index contributed by atoms with van der Waals surface area (Å²) in [5.41, 5.74) is 0. The van der Waals surface area contributed by atoms with Crippen LogP contribution in [0.1, 0.15) is 29.4 Å². The van der Waals surface area contributed by atoms with E-state index in [2.05, 4.69) is 15.5 Å². The maximum absolute atomic E-state index is 12.1. The molecule has 4 heterocycles. The van der Waals surface area contributed by atoms with Crippen LogP contribution in [0.3, 0.4) is 0 Å². The number of fused-ring (bicyclic) bond motifs is 1. The molecule has 21 heavy (non-hydrogen) atoms. The number of amides is 1. The van der Waals surface area contributed by atoms with Crippen LogP contribution in [-0.2, 0) is 17.8 Å². The summed E-state index contributed by atoms with van der Waals surface area (Å²) in [6, 6.07) is 4.65. The van der Waals surface area contributed by atoms with Gasteiger partial charge in [0.2, 0.25) is 11.8 Å². The first kappa shape index (κ1) is 13.0. The minimum atomic E-state index is 0.182. The third kappa shape index (κ3) is 2.47. The number of carbonyl (C=O) groups excluding carboxylic acids is 1. The smallest absolute Gasteiger partial charge is 0.231 e. The Morgan fingerprint density at radius 1 is 1.52 bits per heavy atom. The molecule has 6 nitrogen and oxygen atoms in total. The van der Waals surface area contributed by atoms with Crippen LogP contribution in [-0.4, -0.2) is 39.6 Å². The lowest BCUT2D eigenvalue weighted by Crippen LogP contribution is -2.35. The molecule has 0 saturated carbocycles. The minimum Gasteiger partial charge on any atom is -0.339 e. The van der Waals surface area contributed by atoms with Crippen LogP contribution in [0.15, 0.2) is 22.0 Å². The Labute approximate surface area is 126 Å². The molecule has 2 aliphatic heterocycles. The lowest BCUT2D eigenvalue weighted by molar-refractivity contribution is -0.129. The van der Waals surface area contributed by atoms with E-state index < -0.39 is 0 Å². The monoisotopic (exact) mass is 304 g/mol. The third-order valence-corrected chi connectivity index (χ3v) is 5.03. The van der Waals surface area contributed by atoms with Crippen LogP contribution < -0.4 is 5.32 Å². The quantitative estimate of drug-likeness (QED) is 0.918. The fourth-order valence-corrected chi connectivity index (χ4v) is 3.87. The van der Waals surface area contributed by atoms with Gasteiger partial charge in [0.05, 0.1) is 13.0 Å². The average Bonchev–Trinajstić information content (AvgIpc) is 3.19. The van der Waals surface area contributed by atoms with E-state index in [0.29, 0.717) is 37.1 Å². The number of rotatable bonds is 4. The van der Waals surface area contributed by atoms with Crippen molar-refractivity contribution in [3.8, 4) is 0 Å². The Morgan fingerprint density at radius 3 is 3.33 bits per heavy atom. The van der Waals surface area contributed by atoms with E-state index in [1.807, 2.05) is 22.4 Å². The van der Waals surface area contributed by atoms with Crippen LogP contribution in [0.2, 0.25) is 0 Å². The van der Waals surface area contributed by atoms with Gasteiger partial charge in [-0.1, -0.05) is 11.2 Å². The number of carbonyl (C=O) groups is 1. The van der Waals surface area contributed by atoms with Gasteiger partial charge in [0.1, 0.15) is 0 Å². The summed E-state index contributed by atoms with van der Waals surface area (Å²) < 4.78 is 5.29. The highest BCUT2D eigenvalue weighted by Crippen LogP contribution is 2.27. The van der Waals surface area contributed by atoms with Gasteiger partial charge in [0, 0.05) is 23.4 Å². The van der Waals surface area contributed by atoms with Crippen LogP contribution in [0.5, 0.6) is 0 Å². The predicted molar refractivity (Wildman–Crippen MR) is 76.8 cm³/mol. The number of aromatic nitrogens is 2. The van der Waals surface area contributed by atoms with Gasteiger partial charge in [-0.25, -0.2) is 0 Å². The number of thiophene rings is 1. The van der Waals surface area contributed by atoms with Gasteiger partial charge in [-0.15, -0.1) is 11.3 Å². The Morgan fingerprint density at radius 2 is 2.48 bits per heavy atom. The van der Waals surface area contributed by atoms with E-state index in [4.69, 9.17) is 4.52 Å². The summed E-state index contributed by atoms with van der Waals surface area (Å²) >= 11 is 1.67. The molecule has 2 aromatic rings. The van der Waals surface area contributed by atoms with Gasteiger partial charge in [0.15, 0.2) is 5.82 Å². The molecule has 1 amide bonds. The maximum atomic E-state index is 12.1. The second-order valence-corrected chi connectivity index (χ2v) is 6.54. The highest BCUT2D eigenvalue weighted by Gasteiger charge is 2.42. The molecular weight excluding hydrogens is 288 g/mol. The summed E-state index contributed by atoms with van der Waals surface area (Å²) in [6.45, 7) is 1.44. The first-order chi connectivity index (χ1) is 10.3. The summed E-state index contributed by atoms with van der Waals surface area (Å²) in [5.74, 6) is 1.39. The standard InChI is InChI=1S/C14H16N4O2S/c19-14-7-10-11(3-4-15-10)18(14)8-12-16-13(20-17-12)6-9-2-1-5-21-9/h1-2,5,10-11,15H,3-4,6-8H2/t10-,11-/m1/s1. The number of hydrogen-bond acceptors (Lipinski definition) is 6. The predicted octanol–water partition coefficient (Wildman–Crippen LogP) is 1.18. The molecule has 4 rings (SSSR count). The highest BCUT2D eigenvalue weighted by molar-refractivity contribution is 7.09. The zero-order valence-corrected chi connectivity index (χ0v) is 12.3. The SMILES string of the molecule is O=C1C[C@H]2NCC[C@H]2N1Cc1noc(Cc2cccs2)n1. The van der Waals surface area contributed by atoms with Crippen LogP contribution in [0.25, 0.3) is 0 Å². The molecule has 0 aromatic carbocycles. The van der Waals surface area contributed by atoms with Gasteiger partial charge in [-0.05, 0) is 24.4 Å². The van der Waals surface area contributed by atoms with Crippen molar-refractivity contribution in [2.24, 2.45) is 0 Å².